The van der Waals surface area contributed by atoms with E-state index >= 15 is 0 Å². The third-order valence-corrected chi connectivity index (χ3v) is 2.11. The molecule has 0 aliphatic heterocycles. The lowest BCUT2D eigenvalue weighted by Gasteiger charge is -2.02. The van der Waals surface area contributed by atoms with Crippen LogP contribution < -0.4 is 5.32 Å². The summed E-state index contributed by atoms with van der Waals surface area (Å²) in [6.07, 6.45) is 0. The fourth-order valence-corrected chi connectivity index (χ4v) is 1.22. The van der Waals surface area contributed by atoms with Crippen molar-refractivity contribution in [2.45, 2.75) is 0 Å². The Hall–Kier alpha value is -1.17. The van der Waals surface area contributed by atoms with Gasteiger partial charge in [0, 0.05) is 19.2 Å². The summed E-state index contributed by atoms with van der Waals surface area (Å²) in [4.78, 5) is 9.89. The minimum atomic E-state index is -0.573. The first-order chi connectivity index (χ1) is 6.06. The molecule has 0 aliphatic rings. The molecule has 0 saturated carbocycles. The summed E-state index contributed by atoms with van der Waals surface area (Å²) in [6.45, 7) is 0. The molecule has 6 heteroatoms. The summed E-state index contributed by atoms with van der Waals surface area (Å²) in [5, 5.41) is 13.0. The normalized spacial score (nSPS) is 9.77. The van der Waals surface area contributed by atoms with Gasteiger partial charge in [-0.25, -0.2) is 4.39 Å². The van der Waals surface area contributed by atoms with Gasteiger partial charge in [0.25, 0.3) is 5.69 Å². The van der Waals surface area contributed by atoms with Gasteiger partial charge < -0.3 is 5.32 Å². The molecule has 0 unspecified atom stereocenters. The maximum Gasteiger partial charge on any atom is 0.293 e. The maximum atomic E-state index is 12.9. The van der Waals surface area contributed by atoms with Crippen LogP contribution in [-0.4, -0.2) is 12.0 Å². The van der Waals surface area contributed by atoms with Crippen LogP contribution in [0.5, 0.6) is 0 Å². The molecule has 0 fully saturated rings. The largest absolute Gasteiger partial charge is 0.382 e. The van der Waals surface area contributed by atoms with Gasteiger partial charge in [-0.2, -0.15) is 0 Å². The number of rotatable bonds is 2. The van der Waals surface area contributed by atoms with Crippen molar-refractivity contribution in [2.24, 2.45) is 0 Å². The van der Waals surface area contributed by atoms with Crippen LogP contribution in [0.15, 0.2) is 16.6 Å². The van der Waals surface area contributed by atoms with E-state index in [-0.39, 0.29) is 15.8 Å². The van der Waals surface area contributed by atoms with Crippen molar-refractivity contribution in [3.05, 3.63) is 32.5 Å². The van der Waals surface area contributed by atoms with E-state index in [0.717, 1.165) is 12.1 Å². The molecule has 0 saturated heterocycles. The summed E-state index contributed by atoms with van der Waals surface area (Å²) in [6, 6.07) is 2.20. The van der Waals surface area contributed by atoms with E-state index in [0.29, 0.717) is 0 Å². The Kier molecular flexibility index (Phi) is 2.82. The lowest BCUT2D eigenvalue weighted by molar-refractivity contribution is -0.384. The second kappa shape index (κ2) is 3.69. The minimum Gasteiger partial charge on any atom is -0.382 e. The summed E-state index contributed by atoms with van der Waals surface area (Å²) >= 11 is 2.87. The average molecular weight is 249 g/mol. The van der Waals surface area contributed by atoms with Crippen LogP contribution in [0.2, 0.25) is 0 Å². The van der Waals surface area contributed by atoms with Crippen molar-refractivity contribution in [3.8, 4) is 0 Å². The number of hydrogen-bond acceptors (Lipinski definition) is 3. The van der Waals surface area contributed by atoms with E-state index in [4.69, 9.17) is 0 Å². The van der Waals surface area contributed by atoms with Crippen LogP contribution in [0.25, 0.3) is 0 Å². The Bertz CT molecular complexity index is 357. The number of hydrogen-bond donors (Lipinski definition) is 1. The standard InChI is InChI=1S/C7H6BrFN2O2/c1-10-6-3-5(9)4(8)2-7(6)11(12)13/h2-3,10H,1H3. The zero-order valence-electron chi connectivity index (χ0n) is 6.67. The van der Waals surface area contributed by atoms with Gasteiger partial charge in [-0.3, -0.25) is 10.1 Å². The summed E-state index contributed by atoms with van der Waals surface area (Å²) < 4.78 is 13.0. The van der Waals surface area contributed by atoms with Crippen molar-refractivity contribution >= 4 is 27.3 Å². The van der Waals surface area contributed by atoms with Crippen molar-refractivity contribution in [2.75, 3.05) is 12.4 Å². The maximum absolute atomic E-state index is 12.9. The van der Waals surface area contributed by atoms with Crippen LogP contribution in [0.3, 0.4) is 0 Å². The monoisotopic (exact) mass is 248 g/mol. The van der Waals surface area contributed by atoms with E-state index in [1.54, 1.807) is 0 Å². The lowest BCUT2D eigenvalue weighted by Crippen LogP contribution is -1.97. The third-order valence-electron chi connectivity index (χ3n) is 1.50. The van der Waals surface area contributed by atoms with E-state index in [1.165, 1.54) is 7.05 Å². The highest BCUT2D eigenvalue weighted by molar-refractivity contribution is 9.10. The molecule has 0 heterocycles. The zero-order valence-corrected chi connectivity index (χ0v) is 8.26. The van der Waals surface area contributed by atoms with Crippen molar-refractivity contribution in [3.63, 3.8) is 0 Å². The molecule has 0 aromatic heterocycles. The van der Waals surface area contributed by atoms with Crippen molar-refractivity contribution in [1.29, 1.82) is 0 Å². The summed E-state index contributed by atoms with van der Waals surface area (Å²) in [7, 11) is 1.50. The van der Waals surface area contributed by atoms with Gasteiger partial charge in [-0.05, 0) is 15.9 Å². The Morgan fingerprint density at radius 3 is 2.69 bits per heavy atom. The molecule has 70 valence electrons. The minimum absolute atomic E-state index is 0.0817. The smallest absolute Gasteiger partial charge is 0.293 e. The van der Waals surface area contributed by atoms with Crippen molar-refractivity contribution in [1.82, 2.24) is 0 Å². The first kappa shape index (κ1) is 9.91. The van der Waals surface area contributed by atoms with Crippen molar-refractivity contribution < 1.29 is 9.31 Å². The van der Waals surface area contributed by atoms with Gasteiger partial charge in [0.2, 0.25) is 0 Å². The van der Waals surface area contributed by atoms with Gasteiger partial charge in [0.05, 0.1) is 9.40 Å². The van der Waals surface area contributed by atoms with Crippen LogP contribution in [0.1, 0.15) is 0 Å². The van der Waals surface area contributed by atoms with Gasteiger partial charge in [-0.15, -0.1) is 0 Å². The summed E-state index contributed by atoms with van der Waals surface area (Å²) in [5.74, 6) is -0.532. The van der Waals surface area contributed by atoms with Crippen LogP contribution in [0.4, 0.5) is 15.8 Å². The Balaban J connectivity index is 3.33. The van der Waals surface area contributed by atoms with Gasteiger partial charge in [0.1, 0.15) is 11.5 Å². The SMILES string of the molecule is CNc1cc(F)c(Br)cc1[N+](=O)[O-]. The molecule has 1 N–H and O–H groups in total. The van der Waals surface area contributed by atoms with E-state index in [1.807, 2.05) is 0 Å². The highest BCUT2D eigenvalue weighted by atomic mass is 79.9. The number of halogens is 2. The average Bonchev–Trinajstić information content (AvgIpc) is 2.08. The highest BCUT2D eigenvalue weighted by Crippen LogP contribution is 2.29. The molecule has 0 radical (unpaired) electrons. The molecule has 0 aliphatic carbocycles. The summed E-state index contributed by atoms with van der Waals surface area (Å²) in [5.41, 5.74) is 0.00137. The molecule has 1 aromatic carbocycles. The van der Waals surface area contributed by atoms with E-state index in [2.05, 4.69) is 21.2 Å². The number of nitrogens with zero attached hydrogens (tertiary/aromatic N) is 1. The van der Waals surface area contributed by atoms with Crippen LogP contribution in [0, 0.1) is 15.9 Å². The lowest BCUT2D eigenvalue weighted by atomic mass is 10.2. The molecular weight excluding hydrogens is 243 g/mol. The zero-order chi connectivity index (χ0) is 10.0. The Morgan fingerprint density at radius 1 is 1.62 bits per heavy atom. The number of nitro groups is 1. The molecule has 0 amide bonds. The predicted molar refractivity (Wildman–Crippen MR) is 50.3 cm³/mol. The third kappa shape index (κ3) is 1.95. The topological polar surface area (TPSA) is 55.2 Å². The second-order valence-corrected chi connectivity index (χ2v) is 3.14. The van der Waals surface area contributed by atoms with E-state index < -0.39 is 10.7 Å². The Labute approximate surface area is 82.0 Å². The van der Waals surface area contributed by atoms with Crippen LogP contribution >= 0.6 is 15.9 Å². The molecule has 4 nitrogen and oxygen atoms in total. The second-order valence-electron chi connectivity index (χ2n) is 2.29. The number of benzene rings is 1. The number of nitro benzene ring substituents is 1. The molecular formula is C7H6BrFN2O2. The predicted octanol–water partition coefficient (Wildman–Crippen LogP) is 2.54. The molecule has 0 atom stereocenters. The highest BCUT2D eigenvalue weighted by Gasteiger charge is 2.15. The van der Waals surface area contributed by atoms with Crippen LogP contribution in [-0.2, 0) is 0 Å². The van der Waals surface area contributed by atoms with Gasteiger partial charge in [0.15, 0.2) is 0 Å². The van der Waals surface area contributed by atoms with E-state index in [9.17, 15) is 14.5 Å². The molecule has 0 bridgehead atoms. The number of nitrogens with one attached hydrogen (secondary N) is 1. The molecule has 1 rings (SSSR count). The van der Waals surface area contributed by atoms with Gasteiger partial charge >= 0.3 is 0 Å². The Morgan fingerprint density at radius 2 is 2.23 bits per heavy atom. The first-order valence-electron chi connectivity index (χ1n) is 3.37. The molecule has 1 aromatic rings. The quantitative estimate of drug-likeness (QED) is 0.647. The first-order valence-corrected chi connectivity index (χ1v) is 4.16. The fourth-order valence-electron chi connectivity index (χ4n) is 0.888. The molecule has 0 spiro atoms. The number of anilines is 1. The molecule has 13 heavy (non-hydrogen) atoms. The van der Waals surface area contributed by atoms with Gasteiger partial charge in [-0.1, -0.05) is 0 Å². The fraction of sp³-hybridized carbons (Fsp3) is 0.143.